The molecule has 0 radical (unpaired) electrons. The molecule has 0 saturated heterocycles. The maximum absolute atomic E-state index is 10.3. The fourth-order valence-electron chi connectivity index (χ4n) is 3.12. The van der Waals surface area contributed by atoms with Gasteiger partial charge in [0.15, 0.2) is 0 Å². The Morgan fingerprint density at radius 1 is 0.963 bits per heavy atom. The van der Waals surface area contributed by atoms with Gasteiger partial charge in [-0.3, -0.25) is 0 Å². The molecule has 27 heavy (non-hydrogen) atoms. The highest BCUT2D eigenvalue weighted by molar-refractivity contribution is 7.26. The van der Waals surface area contributed by atoms with Crippen molar-refractivity contribution in [2.24, 2.45) is 0 Å². The van der Waals surface area contributed by atoms with Crippen molar-refractivity contribution in [2.75, 3.05) is 0 Å². The molecule has 3 aromatic carbocycles. The molecule has 1 N–H and O–H groups in total. The third-order valence-corrected chi connectivity index (χ3v) is 6.92. The molecule has 4 aromatic rings. The Morgan fingerprint density at radius 3 is 2.30 bits per heavy atom. The lowest BCUT2D eigenvalue weighted by atomic mass is 9.82. The van der Waals surface area contributed by atoms with Crippen LogP contribution < -0.4 is 5.46 Å². The summed E-state index contributed by atoms with van der Waals surface area (Å²) in [5.74, 6) is 0. The number of hydrogen-bond donors (Lipinski definition) is 1. The van der Waals surface area contributed by atoms with Crippen LogP contribution >= 0.6 is 22.9 Å². The second kappa shape index (κ2) is 6.49. The maximum Gasteiger partial charge on any atom is 0.309 e. The molecule has 0 aliphatic heterocycles. The summed E-state index contributed by atoms with van der Waals surface area (Å²) in [5, 5.41) is 15.8. The van der Waals surface area contributed by atoms with Gasteiger partial charge in [-0.25, -0.2) is 0 Å². The molecule has 0 aliphatic rings. The highest BCUT2D eigenvalue weighted by Gasteiger charge is 2.35. The van der Waals surface area contributed by atoms with E-state index in [2.05, 4.69) is 42.5 Å². The molecule has 0 fully saturated rings. The van der Waals surface area contributed by atoms with E-state index in [0.29, 0.717) is 7.48 Å². The van der Waals surface area contributed by atoms with Crippen LogP contribution in [0.5, 0.6) is 0 Å². The summed E-state index contributed by atoms with van der Waals surface area (Å²) in [4.78, 5) is 0. The quantitative estimate of drug-likeness (QED) is 0.468. The Balaban J connectivity index is 1.77. The van der Waals surface area contributed by atoms with Crippen LogP contribution in [-0.4, -0.2) is 23.8 Å². The topological polar surface area (TPSA) is 29.5 Å². The van der Waals surface area contributed by atoms with Crippen molar-refractivity contribution >= 4 is 66.8 Å². The summed E-state index contributed by atoms with van der Waals surface area (Å²) < 4.78 is 8.41. The van der Waals surface area contributed by atoms with Crippen LogP contribution in [0.3, 0.4) is 0 Å². The number of thiophene rings is 1. The van der Waals surface area contributed by atoms with Crippen molar-refractivity contribution in [1.29, 1.82) is 0 Å². The normalized spacial score (nSPS) is 13.0. The van der Waals surface area contributed by atoms with Crippen molar-refractivity contribution in [2.45, 2.75) is 38.9 Å². The standard InChI is InChI=1S/C22H22BClO2S/c1-21(2,25)22(3,4)26-23-15-11-17(24)20-16-9-13-7-5-6-8-14(13)10-18(16)27-19(20)12-15/h5-12,23,25H,1-4H3. The first-order valence-electron chi connectivity index (χ1n) is 9.05. The minimum absolute atomic E-state index is 0.406. The van der Waals surface area contributed by atoms with E-state index in [4.69, 9.17) is 16.3 Å². The Bertz CT molecular complexity index is 1160. The van der Waals surface area contributed by atoms with Crippen LogP contribution in [0.25, 0.3) is 30.9 Å². The first kappa shape index (κ1) is 18.8. The molecule has 4 rings (SSSR count). The molecule has 138 valence electrons. The van der Waals surface area contributed by atoms with Gasteiger partial charge in [0.1, 0.15) is 0 Å². The van der Waals surface area contributed by atoms with Crippen LogP contribution in [0.1, 0.15) is 27.7 Å². The molecule has 0 bridgehead atoms. The van der Waals surface area contributed by atoms with Gasteiger partial charge in [0.25, 0.3) is 0 Å². The van der Waals surface area contributed by atoms with Gasteiger partial charge in [-0.05, 0) is 68.2 Å². The summed E-state index contributed by atoms with van der Waals surface area (Å²) in [6.45, 7) is 7.33. The zero-order valence-corrected chi connectivity index (χ0v) is 17.5. The average molecular weight is 397 g/mol. The van der Waals surface area contributed by atoms with E-state index in [1.807, 2.05) is 19.9 Å². The van der Waals surface area contributed by atoms with Gasteiger partial charge in [-0.15, -0.1) is 11.3 Å². The molecule has 1 heterocycles. The minimum atomic E-state index is -0.932. The summed E-state index contributed by atoms with van der Waals surface area (Å²) in [6, 6.07) is 17.0. The van der Waals surface area contributed by atoms with Gasteiger partial charge in [-0.2, -0.15) is 0 Å². The SMILES string of the molecule is CC(C)(O)C(C)(C)OBc1cc(Cl)c2c(c1)sc1cc3ccccc3cc12. The van der Waals surface area contributed by atoms with E-state index in [1.54, 1.807) is 25.2 Å². The monoisotopic (exact) mass is 396 g/mol. The summed E-state index contributed by atoms with van der Waals surface area (Å²) in [7, 11) is 0.406. The predicted octanol–water partition coefficient (Wildman–Crippen LogP) is 5.40. The molecule has 0 aliphatic carbocycles. The highest BCUT2D eigenvalue weighted by atomic mass is 35.5. The average Bonchev–Trinajstić information content (AvgIpc) is 2.94. The molecule has 0 spiro atoms. The summed E-state index contributed by atoms with van der Waals surface area (Å²) in [6.07, 6.45) is 0. The van der Waals surface area contributed by atoms with Crippen LogP contribution in [0, 0.1) is 0 Å². The lowest BCUT2D eigenvalue weighted by molar-refractivity contribution is -0.0893. The molecule has 0 saturated carbocycles. The van der Waals surface area contributed by atoms with Gasteiger partial charge < -0.3 is 9.76 Å². The van der Waals surface area contributed by atoms with Crippen molar-refractivity contribution < 1.29 is 9.76 Å². The Kier molecular flexibility index (Phi) is 4.51. The molecule has 2 nitrogen and oxygen atoms in total. The van der Waals surface area contributed by atoms with Crippen molar-refractivity contribution in [3.05, 3.63) is 53.6 Å². The highest BCUT2D eigenvalue weighted by Crippen LogP contribution is 2.39. The number of benzene rings is 3. The van der Waals surface area contributed by atoms with Crippen LogP contribution in [0.15, 0.2) is 48.5 Å². The fraction of sp³-hybridized carbons (Fsp3) is 0.273. The van der Waals surface area contributed by atoms with Crippen molar-refractivity contribution in [3.8, 4) is 0 Å². The van der Waals surface area contributed by atoms with Crippen LogP contribution in [-0.2, 0) is 4.65 Å². The number of rotatable bonds is 4. The van der Waals surface area contributed by atoms with E-state index in [0.717, 1.165) is 20.6 Å². The molecule has 0 amide bonds. The molecular formula is C22H22BClO2S. The lowest BCUT2D eigenvalue weighted by Gasteiger charge is -2.37. The lowest BCUT2D eigenvalue weighted by Crippen LogP contribution is -2.49. The fourth-order valence-corrected chi connectivity index (χ4v) is 4.74. The molecule has 1 aromatic heterocycles. The summed E-state index contributed by atoms with van der Waals surface area (Å²) >= 11 is 8.43. The number of hydrogen-bond acceptors (Lipinski definition) is 3. The van der Waals surface area contributed by atoms with Gasteiger partial charge in [-0.1, -0.05) is 35.9 Å². The first-order valence-corrected chi connectivity index (χ1v) is 10.2. The van der Waals surface area contributed by atoms with Gasteiger partial charge in [0.05, 0.1) is 11.2 Å². The van der Waals surface area contributed by atoms with Gasteiger partial charge >= 0.3 is 7.48 Å². The maximum atomic E-state index is 10.3. The first-order chi connectivity index (χ1) is 12.7. The van der Waals surface area contributed by atoms with E-state index in [-0.39, 0.29) is 0 Å². The largest absolute Gasteiger partial charge is 0.427 e. The number of aliphatic hydroxyl groups is 1. The predicted molar refractivity (Wildman–Crippen MR) is 120 cm³/mol. The van der Waals surface area contributed by atoms with E-state index >= 15 is 0 Å². The van der Waals surface area contributed by atoms with Crippen molar-refractivity contribution in [1.82, 2.24) is 0 Å². The minimum Gasteiger partial charge on any atom is -0.427 e. The summed E-state index contributed by atoms with van der Waals surface area (Å²) in [5.41, 5.74) is -0.578. The second-order valence-corrected chi connectivity index (χ2v) is 9.60. The Labute approximate surface area is 169 Å². The van der Waals surface area contributed by atoms with Gasteiger partial charge in [0, 0.05) is 25.2 Å². The third-order valence-electron chi connectivity index (χ3n) is 5.52. The smallest absolute Gasteiger partial charge is 0.309 e. The Hall–Kier alpha value is -1.59. The number of halogens is 1. The van der Waals surface area contributed by atoms with E-state index in [9.17, 15) is 5.11 Å². The molecule has 5 heteroatoms. The van der Waals surface area contributed by atoms with Crippen LogP contribution in [0.2, 0.25) is 5.02 Å². The molecular weight excluding hydrogens is 375 g/mol. The van der Waals surface area contributed by atoms with E-state index < -0.39 is 11.2 Å². The zero-order chi connectivity index (χ0) is 19.4. The zero-order valence-electron chi connectivity index (χ0n) is 16.0. The molecule has 0 atom stereocenters. The van der Waals surface area contributed by atoms with E-state index in [1.165, 1.54) is 20.9 Å². The van der Waals surface area contributed by atoms with Gasteiger partial charge in [0.2, 0.25) is 0 Å². The van der Waals surface area contributed by atoms with Crippen LogP contribution in [0.4, 0.5) is 0 Å². The van der Waals surface area contributed by atoms with Crippen molar-refractivity contribution in [3.63, 3.8) is 0 Å². The Morgan fingerprint density at radius 2 is 1.63 bits per heavy atom. The second-order valence-electron chi connectivity index (χ2n) is 8.11. The number of fused-ring (bicyclic) bond motifs is 4. The third kappa shape index (κ3) is 3.36. The molecule has 0 unspecified atom stereocenters.